The highest BCUT2D eigenvalue weighted by Crippen LogP contribution is 2.35. The van der Waals surface area contributed by atoms with E-state index < -0.39 is 6.04 Å². The van der Waals surface area contributed by atoms with Crippen molar-refractivity contribution in [2.45, 2.75) is 19.1 Å². The van der Waals surface area contributed by atoms with Gasteiger partial charge in [0.25, 0.3) is 5.91 Å². The lowest BCUT2D eigenvalue weighted by Gasteiger charge is -2.25. The van der Waals surface area contributed by atoms with Gasteiger partial charge in [-0.05, 0) is 47.0 Å². The first-order valence-electron chi connectivity index (χ1n) is 10.0. The number of rotatable bonds is 7. The minimum absolute atomic E-state index is 0.143. The van der Waals surface area contributed by atoms with Crippen LogP contribution in [0, 0.1) is 0 Å². The molecule has 0 fully saturated rings. The molecule has 1 aliphatic rings. The molecule has 1 unspecified atom stereocenters. The van der Waals surface area contributed by atoms with Crippen molar-refractivity contribution in [3.8, 4) is 11.5 Å². The Morgan fingerprint density at radius 3 is 2.06 bits per heavy atom. The Morgan fingerprint density at radius 1 is 0.871 bits per heavy atom. The highest BCUT2D eigenvalue weighted by Gasteiger charge is 2.40. The summed E-state index contributed by atoms with van der Waals surface area (Å²) in [6.45, 7) is 0.699. The second kappa shape index (κ2) is 8.92. The van der Waals surface area contributed by atoms with Crippen LogP contribution in [-0.4, -0.2) is 30.9 Å². The van der Waals surface area contributed by atoms with Crippen molar-refractivity contribution >= 4 is 11.8 Å². The van der Waals surface area contributed by atoms with Gasteiger partial charge in [-0.1, -0.05) is 42.5 Å². The van der Waals surface area contributed by atoms with Gasteiger partial charge in [0.1, 0.15) is 17.5 Å². The van der Waals surface area contributed by atoms with Crippen LogP contribution in [0.1, 0.15) is 33.1 Å². The lowest BCUT2D eigenvalue weighted by atomic mass is 10.0. The number of hydrogen-bond acceptors (Lipinski definition) is 4. The van der Waals surface area contributed by atoms with Crippen LogP contribution in [0.25, 0.3) is 0 Å². The molecule has 31 heavy (non-hydrogen) atoms. The van der Waals surface area contributed by atoms with Gasteiger partial charge in [-0.25, -0.2) is 0 Å². The molecule has 0 bridgehead atoms. The van der Waals surface area contributed by atoms with Crippen molar-refractivity contribution in [3.63, 3.8) is 0 Å². The highest BCUT2D eigenvalue weighted by atomic mass is 16.5. The van der Waals surface area contributed by atoms with Crippen LogP contribution in [0.5, 0.6) is 11.5 Å². The SMILES string of the molecule is COc1ccc(CNC(=O)C2c3ccccc3C(=O)N2Cc2ccc(OC)cc2)cc1. The molecule has 6 heteroatoms. The molecule has 1 N–H and O–H groups in total. The van der Waals surface area contributed by atoms with E-state index in [1.54, 1.807) is 25.2 Å². The van der Waals surface area contributed by atoms with Gasteiger partial charge in [0.15, 0.2) is 0 Å². The Labute approximate surface area is 181 Å². The number of fused-ring (bicyclic) bond motifs is 1. The van der Waals surface area contributed by atoms with E-state index in [4.69, 9.17) is 9.47 Å². The quantitative estimate of drug-likeness (QED) is 0.638. The second-order valence-corrected chi connectivity index (χ2v) is 7.34. The molecule has 1 aliphatic heterocycles. The van der Waals surface area contributed by atoms with Gasteiger partial charge in [-0.3, -0.25) is 9.59 Å². The highest BCUT2D eigenvalue weighted by molar-refractivity contribution is 6.04. The average Bonchev–Trinajstić information content (AvgIpc) is 3.10. The fraction of sp³-hybridized carbons (Fsp3) is 0.200. The number of nitrogens with zero attached hydrogens (tertiary/aromatic N) is 1. The predicted octanol–water partition coefficient (Wildman–Crippen LogP) is 3.72. The minimum atomic E-state index is -0.677. The molecule has 0 radical (unpaired) electrons. The molecule has 2 amide bonds. The topological polar surface area (TPSA) is 67.9 Å². The van der Waals surface area contributed by atoms with E-state index in [-0.39, 0.29) is 11.8 Å². The van der Waals surface area contributed by atoms with Crippen molar-refractivity contribution in [1.82, 2.24) is 10.2 Å². The lowest BCUT2D eigenvalue weighted by molar-refractivity contribution is -0.125. The summed E-state index contributed by atoms with van der Waals surface area (Å²) in [5, 5.41) is 2.98. The van der Waals surface area contributed by atoms with Crippen LogP contribution in [0.15, 0.2) is 72.8 Å². The van der Waals surface area contributed by atoms with Gasteiger partial charge in [0.2, 0.25) is 5.91 Å². The number of hydrogen-bond donors (Lipinski definition) is 1. The van der Waals surface area contributed by atoms with Gasteiger partial charge < -0.3 is 19.7 Å². The van der Waals surface area contributed by atoms with Gasteiger partial charge in [-0.15, -0.1) is 0 Å². The van der Waals surface area contributed by atoms with Gasteiger partial charge in [0, 0.05) is 18.7 Å². The van der Waals surface area contributed by atoms with E-state index in [1.807, 2.05) is 66.7 Å². The zero-order chi connectivity index (χ0) is 21.8. The standard InChI is InChI=1S/C25H24N2O4/c1-30-19-11-7-17(8-12-19)15-26-24(28)23-21-5-3-4-6-22(21)25(29)27(23)16-18-9-13-20(31-2)14-10-18/h3-14,23H,15-16H2,1-2H3,(H,26,28). The maximum Gasteiger partial charge on any atom is 0.255 e. The Kier molecular flexibility index (Phi) is 5.89. The molecule has 4 rings (SSSR count). The molecule has 3 aromatic carbocycles. The number of carbonyl (C=O) groups excluding carboxylic acids is 2. The summed E-state index contributed by atoms with van der Waals surface area (Å²) in [6.07, 6.45) is 0. The third-order valence-corrected chi connectivity index (χ3v) is 5.44. The van der Waals surface area contributed by atoms with Crippen molar-refractivity contribution in [1.29, 1.82) is 0 Å². The summed E-state index contributed by atoms with van der Waals surface area (Å²) < 4.78 is 10.4. The van der Waals surface area contributed by atoms with Crippen molar-refractivity contribution in [2.24, 2.45) is 0 Å². The summed E-state index contributed by atoms with van der Waals surface area (Å²) in [7, 11) is 3.22. The van der Waals surface area contributed by atoms with Crippen LogP contribution in [0.3, 0.4) is 0 Å². The van der Waals surface area contributed by atoms with Crippen molar-refractivity contribution in [3.05, 3.63) is 95.1 Å². The normalized spacial score (nSPS) is 14.8. The third-order valence-electron chi connectivity index (χ3n) is 5.44. The van der Waals surface area contributed by atoms with E-state index >= 15 is 0 Å². The van der Waals surface area contributed by atoms with Crippen LogP contribution in [0.4, 0.5) is 0 Å². The number of amides is 2. The van der Waals surface area contributed by atoms with Gasteiger partial charge >= 0.3 is 0 Å². The molecule has 0 aromatic heterocycles. The molecule has 0 saturated heterocycles. The van der Waals surface area contributed by atoms with E-state index in [1.165, 1.54) is 0 Å². The molecular weight excluding hydrogens is 392 g/mol. The molecule has 1 atom stereocenters. The molecule has 158 valence electrons. The number of nitrogens with one attached hydrogen (secondary N) is 1. The first-order valence-corrected chi connectivity index (χ1v) is 10.0. The second-order valence-electron chi connectivity index (χ2n) is 7.34. The Balaban J connectivity index is 1.54. The van der Waals surface area contributed by atoms with Crippen LogP contribution < -0.4 is 14.8 Å². The zero-order valence-electron chi connectivity index (χ0n) is 17.5. The summed E-state index contributed by atoms with van der Waals surface area (Å²) in [4.78, 5) is 27.9. The summed E-state index contributed by atoms with van der Waals surface area (Å²) in [5.74, 6) is 1.16. The Bertz CT molecular complexity index is 1080. The number of benzene rings is 3. The van der Waals surface area contributed by atoms with Crippen molar-refractivity contribution in [2.75, 3.05) is 14.2 Å². The molecule has 0 saturated carbocycles. The Hall–Kier alpha value is -3.80. The fourth-order valence-electron chi connectivity index (χ4n) is 3.77. The first kappa shape index (κ1) is 20.5. The fourth-order valence-corrected chi connectivity index (χ4v) is 3.77. The Morgan fingerprint density at radius 2 is 1.45 bits per heavy atom. The predicted molar refractivity (Wildman–Crippen MR) is 117 cm³/mol. The maximum atomic E-state index is 13.2. The third kappa shape index (κ3) is 4.23. The maximum absolute atomic E-state index is 13.2. The monoisotopic (exact) mass is 416 g/mol. The van der Waals surface area contributed by atoms with E-state index in [2.05, 4.69) is 5.32 Å². The molecule has 0 spiro atoms. The van der Waals surface area contributed by atoms with E-state index in [9.17, 15) is 9.59 Å². The van der Waals surface area contributed by atoms with Gasteiger partial charge in [0.05, 0.1) is 14.2 Å². The molecule has 6 nitrogen and oxygen atoms in total. The van der Waals surface area contributed by atoms with Crippen molar-refractivity contribution < 1.29 is 19.1 Å². The summed E-state index contributed by atoms with van der Waals surface area (Å²) >= 11 is 0. The van der Waals surface area contributed by atoms with E-state index in [0.717, 1.165) is 28.2 Å². The summed E-state index contributed by atoms with van der Waals surface area (Å²) in [6, 6.07) is 21.6. The first-order chi connectivity index (χ1) is 15.1. The van der Waals surface area contributed by atoms with Crippen LogP contribution >= 0.6 is 0 Å². The summed E-state index contributed by atoms with van der Waals surface area (Å²) in [5.41, 5.74) is 3.18. The smallest absolute Gasteiger partial charge is 0.255 e. The average molecular weight is 416 g/mol. The molecule has 0 aliphatic carbocycles. The number of carbonyl (C=O) groups is 2. The van der Waals surface area contributed by atoms with Crippen LogP contribution in [-0.2, 0) is 17.9 Å². The molecule has 3 aromatic rings. The zero-order valence-corrected chi connectivity index (χ0v) is 17.5. The minimum Gasteiger partial charge on any atom is -0.497 e. The molecule has 1 heterocycles. The molecular formula is C25H24N2O4. The van der Waals surface area contributed by atoms with Gasteiger partial charge in [-0.2, -0.15) is 0 Å². The largest absolute Gasteiger partial charge is 0.497 e. The van der Waals surface area contributed by atoms with E-state index in [0.29, 0.717) is 18.7 Å². The number of methoxy groups -OCH3 is 2. The number of ether oxygens (including phenoxy) is 2. The van der Waals surface area contributed by atoms with Crippen LogP contribution in [0.2, 0.25) is 0 Å². The lowest BCUT2D eigenvalue weighted by Crippen LogP contribution is -2.38.